The normalized spacial score (nSPS) is 72.2. The van der Waals surface area contributed by atoms with E-state index in [1.807, 2.05) is 0 Å². The van der Waals surface area contributed by atoms with Gasteiger partial charge in [-0.1, -0.05) is 24.3 Å². The fraction of sp³-hybridized carbons (Fsp3) is 0.833. The molecule has 2 unspecified atom stereocenters. The number of allylic oxidation sites excluding steroid dienone is 2. The Morgan fingerprint density at radius 1 is 0.500 bits per heavy atom. The second-order valence-electron chi connectivity index (χ2n) is 11.5. The molecule has 0 aromatic rings. The van der Waals surface area contributed by atoms with Crippen LogP contribution in [0.2, 0.25) is 0 Å². The van der Waals surface area contributed by atoms with Crippen LogP contribution in [0.1, 0.15) is 38.5 Å². The molecule has 0 amide bonds. The van der Waals surface area contributed by atoms with Crippen molar-refractivity contribution in [2.45, 2.75) is 38.5 Å². The lowest BCUT2D eigenvalue weighted by Gasteiger charge is -2.50. The summed E-state index contributed by atoms with van der Waals surface area (Å²) in [6.07, 6.45) is 9.21. The lowest BCUT2D eigenvalue weighted by Crippen LogP contribution is -2.46. The Kier molecular flexibility index (Phi) is 1.93. The van der Waals surface area contributed by atoms with Crippen molar-refractivity contribution < 1.29 is 0 Å². The molecule has 8 saturated carbocycles. The SMILES string of the molecule is C=C1C[C@@H]2C[C@H]1[C@@H]1[C@H]2[C@@H]2C[C@H]1C1C2[C@@H]2C[C@H]1[C@@H]1[C@H]2[C@H]2CC(=C)[C@@H]1C2. The zero-order valence-electron chi connectivity index (χ0n) is 14.7. The molecule has 8 aliphatic rings. The smallest absolute Gasteiger partial charge is 0.0169 e. The molecular formula is C24H30. The first kappa shape index (κ1) is 12.8. The Morgan fingerprint density at radius 3 is 1.38 bits per heavy atom. The molecule has 0 aliphatic heterocycles. The third-order valence-electron chi connectivity index (χ3n) is 11.6. The van der Waals surface area contributed by atoms with E-state index in [1.165, 1.54) is 18.8 Å². The molecule has 14 atom stereocenters. The van der Waals surface area contributed by atoms with Crippen LogP contribution in [0.3, 0.4) is 0 Å². The monoisotopic (exact) mass is 318 g/mol. The van der Waals surface area contributed by atoms with Gasteiger partial charge in [0.2, 0.25) is 0 Å². The van der Waals surface area contributed by atoms with Crippen LogP contribution in [0.25, 0.3) is 0 Å². The molecule has 126 valence electrons. The number of hydrogen-bond donors (Lipinski definition) is 0. The van der Waals surface area contributed by atoms with E-state index in [0.717, 1.165) is 76.9 Å². The van der Waals surface area contributed by atoms with Gasteiger partial charge in [0.1, 0.15) is 0 Å². The van der Waals surface area contributed by atoms with E-state index in [9.17, 15) is 0 Å². The van der Waals surface area contributed by atoms with Crippen molar-refractivity contribution in [1.82, 2.24) is 0 Å². The maximum absolute atomic E-state index is 4.50. The molecule has 0 radical (unpaired) electrons. The quantitative estimate of drug-likeness (QED) is 0.427. The van der Waals surface area contributed by atoms with Crippen molar-refractivity contribution >= 4 is 0 Å². The second kappa shape index (κ2) is 3.63. The lowest BCUT2D eigenvalue weighted by atomic mass is 9.54. The fourth-order valence-corrected chi connectivity index (χ4v) is 11.9. The van der Waals surface area contributed by atoms with Gasteiger partial charge >= 0.3 is 0 Å². The van der Waals surface area contributed by atoms with Gasteiger partial charge in [-0.3, -0.25) is 0 Å². The van der Waals surface area contributed by atoms with Crippen LogP contribution in [0.5, 0.6) is 0 Å². The molecule has 24 heavy (non-hydrogen) atoms. The summed E-state index contributed by atoms with van der Waals surface area (Å²) in [6, 6.07) is 0. The molecule has 0 N–H and O–H groups in total. The second-order valence-corrected chi connectivity index (χ2v) is 11.5. The average Bonchev–Trinajstić information content (AvgIpc) is 3.33. The molecule has 0 spiro atoms. The predicted octanol–water partition coefficient (Wildman–Crippen LogP) is 5.18. The van der Waals surface area contributed by atoms with Crippen molar-refractivity contribution in [3.63, 3.8) is 0 Å². The van der Waals surface area contributed by atoms with Crippen LogP contribution >= 0.6 is 0 Å². The van der Waals surface area contributed by atoms with Crippen molar-refractivity contribution in [3.8, 4) is 0 Å². The molecule has 0 aromatic carbocycles. The van der Waals surface area contributed by atoms with Crippen LogP contribution in [0, 0.1) is 82.9 Å². The minimum Gasteiger partial charge on any atom is -0.0996 e. The van der Waals surface area contributed by atoms with Crippen LogP contribution in [-0.4, -0.2) is 0 Å². The van der Waals surface area contributed by atoms with Crippen molar-refractivity contribution in [2.75, 3.05) is 0 Å². The highest BCUT2D eigenvalue weighted by atomic mass is 14.8. The van der Waals surface area contributed by atoms with Crippen LogP contribution in [-0.2, 0) is 0 Å². The van der Waals surface area contributed by atoms with Crippen molar-refractivity contribution in [2.24, 2.45) is 82.9 Å². The highest BCUT2D eigenvalue weighted by Crippen LogP contribution is 2.81. The van der Waals surface area contributed by atoms with Gasteiger partial charge in [-0.2, -0.15) is 0 Å². The molecule has 0 aromatic heterocycles. The summed E-state index contributed by atoms with van der Waals surface area (Å²) < 4.78 is 0. The van der Waals surface area contributed by atoms with E-state index in [4.69, 9.17) is 0 Å². The summed E-state index contributed by atoms with van der Waals surface area (Å²) in [6.45, 7) is 8.99. The number of hydrogen-bond acceptors (Lipinski definition) is 0. The molecular weight excluding hydrogens is 288 g/mol. The predicted molar refractivity (Wildman–Crippen MR) is 94.8 cm³/mol. The van der Waals surface area contributed by atoms with Gasteiger partial charge < -0.3 is 0 Å². The van der Waals surface area contributed by atoms with Gasteiger partial charge in [0.15, 0.2) is 0 Å². The van der Waals surface area contributed by atoms with Crippen LogP contribution < -0.4 is 0 Å². The van der Waals surface area contributed by atoms with E-state index in [-0.39, 0.29) is 0 Å². The molecule has 0 nitrogen and oxygen atoms in total. The molecule has 8 bridgehead atoms. The summed E-state index contributed by atoms with van der Waals surface area (Å²) in [5, 5.41) is 0. The number of fused-ring (bicyclic) bond motifs is 23. The lowest BCUT2D eigenvalue weighted by molar-refractivity contribution is -0.0169. The van der Waals surface area contributed by atoms with E-state index in [1.54, 1.807) is 36.8 Å². The summed E-state index contributed by atoms with van der Waals surface area (Å²) in [5.74, 6) is 15.5. The van der Waals surface area contributed by atoms with E-state index in [2.05, 4.69) is 13.2 Å². The third kappa shape index (κ3) is 1.08. The van der Waals surface area contributed by atoms with Gasteiger partial charge in [0, 0.05) is 0 Å². The first-order valence-corrected chi connectivity index (χ1v) is 11.1. The minimum absolute atomic E-state index is 0.959. The molecule has 0 heterocycles. The molecule has 8 aliphatic carbocycles. The Bertz CT molecular complexity index is 643. The molecule has 8 fully saturated rings. The summed E-state index contributed by atoms with van der Waals surface area (Å²) in [4.78, 5) is 0. The van der Waals surface area contributed by atoms with Gasteiger partial charge in [0.25, 0.3) is 0 Å². The fourth-order valence-electron chi connectivity index (χ4n) is 11.9. The average molecular weight is 319 g/mol. The van der Waals surface area contributed by atoms with Crippen molar-refractivity contribution in [1.29, 1.82) is 0 Å². The topological polar surface area (TPSA) is 0 Å². The maximum Gasteiger partial charge on any atom is -0.0169 e. The maximum atomic E-state index is 4.50. The molecule has 0 saturated heterocycles. The Balaban J connectivity index is 1.23. The van der Waals surface area contributed by atoms with Gasteiger partial charge in [0.05, 0.1) is 0 Å². The van der Waals surface area contributed by atoms with E-state index < -0.39 is 0 Å². The standard InChI is InChI=1S/C24H30/c1-9-3-11-5-13(9)21-17-7-15(19(11)21)23-16-8-18(24(17)23)22-14-6-12(20(16)22)4-10(14)2/h11-24H,1-8H2/t11-,12+,13-,14+,15+,16-,17-,18+,19-,20+,21+,22-,23?,24?. The molecule has 0 heteroatoms. The Morgan fingerprint density at radius 2 is 0.917 bits per heavy atom. The highest BCUT2D eigenvalue weighted by molar-refractivity contribution is 5.30. The number of rotatable bonds is 0. The van der Waals surface area contributed by atoms with E-state index >= 15 is 0 Å². The summed E-state index contributed by atoms with van der Waals surface area (Å²) in [5.41, 5.74) is 3.33. The Labute approximate surface area is 146 Å². The van der Waals surface area contributed by atoms with Gasteiger partial charge in [-0.25, -0.2) is 0 Å². The van der Waals surface area contributed by atoms with E-state index in [0.29, 0.717) is 0 Å². The first-order valence-electron chi connectivity index (χ1n) is 11.1. The summed E-state index contributed by atoms with van der Waals surface area (Å²) >= 11 is 0. The van der Waals surface area contributed by atoms with Crippen LogP contribution in [0.15, 0.2) is 24.3 Å². The Hall–Kier alpha value is -0.520. The largest absolute Gasteiger partial charge is 0.0996 e. The minimum atomic E-state index is 0.959. The first-order chi connectivity index (χ1) is 11.7. The highest BCUT2D eigenvalue weighted by Gasteiger charge is 2.75. The zero-order chi connectivity index (χ0) is 15.5. The summed E-state index contributed by atoms with van der Waals surface area (Å²) in [7, 11) is 0. The molecule has 8 rings (SSSR count). The van der Waals surface area contributed by atoms with Gasteiger partial charge in [-0.15, -0.1) is 0 Å². The van der Waals surface area contributed by atoms with Gasteiger partial charge in [-0.05, 0) is 121 Å². The van der Waals surface area contributed by atoms with Crippen LogP contribution in [0.4, 0.5) is 0 Å². The van der Waals surface area contributed by atoms with Crippen molar-refractivity contribution in [3.05, 3.63) is 24.3 Å². The third-order valence-corrected chi connectivity index (χ3v) is 11.6. The zero-order valence-corrected chi connectivity index (χ0v) is 14.7.